The van der Waals surface area contributed by atoms with E-state index in [1.165, 1.54) is 0 Å². The minimum Gasteiger partial charge on any atom is -0.379 e. The molecule has 18 heavy (non-hydrogen) atoms. The maximum Gasteiger partial charge on any atom is 0.317 e. The number of carbonyl (C=O) groups is 1. The Hall–Kier alpha value is -0.850. The van der Waals surface area contributed by atoms with E-state index in [0.717, 1.165) is 39.2 Å². The quantitative estimate of drug-likeness (QED) is 0.711. The molecule has 2 rings (SSSR count). The fourth-order valence-electron chi connectivity index (χ4n) is 2.43. The van der Waals surface area contributed by atoms with Crippen molar-refractivity contribution in [2.75, 3.05) is 45.9 Å². The van der Waals surface area contributed by atoms with Crippen LogP contribution in [0.4, 0.5) is 4.79 Å². The molecule has 3 N–H and O–H groups in total. The summed E-state index contributed by atoms with van der Waals surface area (Å²) in [6, 6.07) is 0.641. The third-order valence-electron chi connectivity index (χ3n) is 3.82. The SMILES string of the molecule is CC(CN)N1CCN(C(=O)NC2CCOC2)CC1. The number of nitrogens with zero attached hydrogens (tertiary/aromatic N) is 2. The predicted molar refractivity (Wildman–Crippen MR) is 69.4 cm³/mol. The number of hydrogen-bond donors (Lipinski definition) is 2. The zero-order chi connectivity index (χ0) is 13.0. The monoisotopic (exact) mass is 256 g/mol. The summed E-state index contributed by atoms with van der Waals surface area (Å²) in [6.45, 7) is 7.59. The van der Waals surface area contributed by atoms with Crippen molar-refractivity contribution in [2.24, 2.45) is 5.73 Å². The number of nitrogens with two attached hydrogens (primary N) is 1. The predicted octanol–water partition coefficient (Wildman–Crippen LogP) is -0.550. The maximum absolute atomic E-state index is 12.0. The van der Waals surface area contributed by atoms with Gasteiger partial charge in [0, 0.05) is 45.4 Å². The van der Waals surface area contributed by atoms with E-state index in [4.69, 9.17) is 10.5 Å². The zero-order valence-electron chi connectivity index (χ0n) is 11.1. The standard InChI is InChI=1S/C12H24N4O2/c1-10(8-13)15-3-5-16(6-4-15)12(17)14-11-2-7-18-9-11/h10-11H,2-9,13H2,1H3,(H,14,17). The molecule has 0 aliphatic carbocycles. The van der Waals surface area contributed by atoms with Gasteiger partial charge in [0.05, 0.1) is 12.6 Å². The van der Waals surface area contributed by atoms with Crippen LogP contribution in [-0.4, -0.2) is 73.9 Å². The molecular weight excluding hydrogens is 232 g/mol. The van der Waals surface area contributed by atoms with Gasteiger partial charge in [-0.25, -0.2) is 4.79 Å². The highest BCUT2D eigenvalue weighted by atomic mass is 16.5. The average Bonchev–Trinajstić information content (AvgIpc) is 2.91. The highest BCUT2D eigenvalue weighted by Gasteiger charge is 2.25. The van der Waals surface area contributed by atoms with Gasteiger partial charge in [0.1, 0.15) is 0 Å². The fourth-order valence-corrected chi connectivity index (χ4v) is 2.43. The smallest absolute Gasteiger partial charge is 0.317 e. The third-order valence-corrected chi connectivity index (χ3v) is 3.82. The van der Waals surface area contributed by atoms with Crippen LogP contribution < -0.4 is 11.1 Å². The van der Waals surface area contributed by atoms with Crippen molar-refractivity contribution in [1.82, 2.24) is 15.1 Å². The number of rotatable bonds is 3. The lowest BCUT2D eigenvalue weighted by molar-refractivity contribution is 0.114. The van der Waals surface area contributed by atoms with Gasteiger partial charge < -0.3 is 20.7 Å². The van der Waals surface area contributed by atoms with E-state index >= 15 is 0 Å². The van der Waals surface area contributed by atoms with Crippen molar-refractivity contribution in [3.05, 3.63) is 0 Å². The average molecular weight is 256 g/mol. The lowest BCUT2D eigenvalue weighted by Crippen LogP contribution is -2.56. The highest BCUT2D eigenvalue weighted by molar-refractivity contribution is 5.74. The number of hydrogen-bond acceptors (Lipinski definition) is 4. The van der Waals surface area contributed by atoms with E-state index in [2.05, 4.69) is 17.1 Å². The largest absolute Gasteiger partial charge is 0.379 e. The van der Waals surface area contributed by atoms with E-state index in [1.807, 2.05) is 4.90 Å². The normalized spacial score (nSPS) is 27.2. The first-order chi connectivity index (χ1) is 8.70. The second-order valence-electron chi connectivity index (χ2n) is 5.12. The van der Waals surface area contributed by atoms with Gasteiger partial charge in [0.25, 0.3) is 0 Å². The lowest BCUT2D eigenvalue weighted by atomic mass is 10.2. The summed E-state index contributed by atoms with van der Waals surface area (Å²) in [5, 5.41) is 3.03. The number of carbonyl (C=O) groups excluding carboxylic acids is 1. The minimum atomic E-state index is 0.0468. The molecule has 2 atom stereocenters. The number of amides is 2. The minimum absolute atomic E-state index is 0.0468. The Morgan fingerprint density at radius 3 is 2.72 bits per heavy atom. The molecule has 0 spiro atoms. The van der Waals surface area contributed by atoms with E-state index in [9.17, 15) is 4.79 Å². The van der Waals surface area contributed by atoms with Crippen molar-refractivity contribution < 1.29 is 9.53 Å². The molecule has 2 amide bonds. The van der Waals surface area contributed by atoms with Gasteiger partial charge in [-0.05, 0) is 13.3 Å². The number of nitrogens with one attached hydrogen (secondary N) is 1. The molecule has 6 nitrogen and oxygen atoms in total. The molecule has 2 heterocycles. The Bertz CT molecular complexity index is 273. The van der Waals surface area contributed by atoms with Crippen LogP contribution in [0.1, 0.15) is 13.3 Å². The number of urea groups is 1. The van der Waals surface area contributed by atoms with E-state index in [1.54, 1.807) is 0 Å². The Balaban J connectivity index is 1.73. The lowest BCUT2D eigenvalue weighted by Gasteiger charge is -2.37. The molecule has 0 bridgehead atoms. The van der Waals surface area contributed by atoms with E-state index in [0.29, 0.717) is 19.2 Å². The Morgan fingerprint density at radius 2 is 2.17 bits per heavy atom. The molecule has 0 saturated carbocycles. The van der Waals surface area contributed by atoms with Crippen LogP contribution in [0, 0.1) is 0 Å². The second kappa shape index (κ2) is 6.36. The van der Waals surface area contributed by atoms with Crippen LogP contribution in [0.3, 0.4) is 0 Å². The molecule has 0 aromatic carbocycles. The maximum atomic E-state index is 12.0. The summed E-state index contributed by atoms with van der Waals surface area (Å²) in [4.78, 5) is 16.2. The molecule has 2 aliphatic rings. The number of ether oxygens (including phenoxy) is 1. The molecule has 2 fully saturated rings. The third kappa shape index (κ3) is 3.34. The molecule has 104 valence electrons. The van der Waals surface area contributed by atoms with Gasteiger partial charge in [-0.15, -0.1) is 0 Å². The Kier molecular flexibility index (Phi) is 4.79. The van der Waals surface area contributed by atoms with Crippen molar-refractivity contribution in [2.45, 2.75) is 25.4 Å². The van der Waals surface area contributed by atoms with Crippen LogP contribution in [0.5, 0.6) is 0 Å². The van der Waals surface area contributed by atoms with Gasteiger partial charge in [0.15, 0.2) is 0 Å². The first kappa shape index (κ1) is 13.6. The first-order valence-corrected chi connectivity index (χ1v) is 6.78. The van der Waals surface area contributed by atoms with Crippen LogP contribution in [-0.2, 0) is 4.74 Å². The fraction of sp³-hybridized carbons (Fsp3) is 0.917. The van der Waals surface area contributed by atoms with Gasteiger partial charge in [-0.3, -0.25) is 4.90 Å². The Morgan fingerprint density at radius 1 is 1.44 bits per heavy atom. The molecule has 2 aliphatic heterocycles. The summed E-state index contributed by atoms with van der Waals surface area (Å²) in [7, 11) is 0. The van der Waals surface area contributed by atoms with Crippen molar-refractivity contribution >= 4 is 6.03 Å². The second-order valence-corrected chi connectivity index (χ2v) is 5.12. The Labute approximate surface area is 108 Å². The summed E-state index contributed by atoms with van der Waals surface area (Å²) in [6.07, 6.45) is 0.927. The van der Waals surface area contributed by atoms with Crippen LogP contribution in [0.15, 0.2) is 0 Å². The van der Waals surface area contributed by atoms with Gasteiger partial charge in [-0.1, -0.05) is 0 Å². The van der Waals surface area contributed by atoms with Crippen LogP contribution in [0.25, 0.3) is 0 Å². The van der Waals surface area contributed by atoms with Crippen molar-refractivity contribution in [3.63, 3.8) is 0 Å². The first-order valence-electron chi connectivity index (χ1n) is 6.78. The van der Waals surface area contributed by atoms with E-state index < -0.39 is 0 Å². The molecular formula is C12H24N4O2. The molecule has 2 unspecified atom stereocenters. The van der Waals surface area contributed by atoms with Gasteiger partial charge >= 0.3 is 6.03 Å². The van der Waals surface area contributed by atoms with Gasteiger partial charge in [-0.2, -0.15) is 0 Å². The topological polar surface area (TPSA) is 70.8 Å². The highest BCUT2D eigenvalue weighted by Crippen LogP contribution is 2.08. The van der Waals surface area contributed by atoms with E-state index in [-0.39, 0.29) is 12.1 Å². The molecule has 0 radical (unpaired) electrons. The summed E-state index contributed by atoms with van der Waals surface area (Å²) >= 11 is 0. The van der Waals surface area contributed by atoms with Crippen molar-refractivity contribution in [1.29, 1.82) is 0 Å². The van der Waals surface area contributed by atoms with Gasteiger partial charge in [0.2, 0.25) is 0 Å². The molecule has 2 saturated heterocycles. The zero-order valence-corrected chi connectivity index (χ0v) is 11.1. The summed E-state index contributed by atoms with van der Waals surface area (Å²) in [5.74, 6) is 0. The van der Waals surface area contributed by atoms with Crippen LogP contribution >= 0.6 is 0 Å². The summed E-state index contributed by atoms with van der Waals surface area (Å²) in [5.41, 5.74) is 5.66. The number of piperazine rings is 1. The summed E-state index contributed by atoms with van der Waals surface area (Å²) < 4.78 is 5.25. The molecule has 6 heteroatoms. The molecule has 0 aromatic heterocycles. The van der Waals surface area contributed by atoms with Crippen molar-refractivity contribution in [3.8, 4) is 0 Å². The molecule has 0 aromatic rings. The van der Waals surface area contributed by atoms with Crippen LogP contribution in [0.2, 0.25) is 0 Å².